The lowest BCUT2D eigenvalue weighted by Crippen LogP contribution is -2.36. The number of halogens is 2. The Kier molecular flexibility index (Phi) is 6.83. The van der Waals surface area contributed by atoms with Crippen LogP contribution in [0.25, 0.3) is 17.4 Å². The van der Waals surface area contributed by atoms with Crippen molar-refractivity contribution in [3.63, 3.8) is 0 Å². The van der Waals surface area contributed by atoms with Gasteiger partial charge < -0.3 is 14.5 Å². The predicted octanol–water partition coefficient (Wildman–Crippen LogP) is 4.82. The van der Waals surface area contributed by atoms with Gasteiger partial charge in [-0.3, -0.25) is 29.4 Å². The monoisotopic (exact) mass is 515 g/mol. The summed E-state index contributed by atoms with van der Waals surface area (Å²) < 4.78 is 37.4. The summed E-state index contributed by atoms with van der Waals surface area (Å²) in [6, 6.07) is 9.69. The fourth-order valence-corrected chi connectivity index (χ4v) is 4.08. The number of amides is 3. The molecule has 0 spiro atoms. The summed E-state index contributed by atoms with van der Waals surface area (Å²) in [4.78, 5) is 48.7. The Bertz CT molecular complexity index is 1440. The lowest BCUT2D eigenvalue weighted by atomic mass is 10.1. The number of nitro groups is 1. The van der Waals surface area contributed by atoms with Gasteiger partial charge in [-0.25, -0.2) is 8.78 Å². The van der Waals surface area contributed by atoms with Gasteiger partial charge in [0.15, 0.2) is 0 Å². The fourth-order valence-electron chi connectivity index (χ4n) is 3.26. The third-order valence-corrected chi connectivity index (χ3v) is 5.86. The van der Waals surface area contributed by atoms with Crippen molar-refractivity contribution in [2.45, 2.75) is 0 Å². The molecule has 2 aromatic carbocycles. The molecule has 3 aromatic rings. The zero-order chi connectivity index (χ0) is 26.0. The molecule has 0 aliphatic carbocycles. The SMILES string of the molecule is COc1ccc(-c2ccc(/C=C3/SC(=O)N(CC(=O)Nc4ccc(F)cc4F)C3=O)o2)c([N+](=O)[O-])c1. The minimum atomic E-state index is -1.01. The predicted molar refractivity (Wildman–Crippen MR) is 125 cm³/mol. The van der Waals surface area contributed by atoms with E-state index in [1.807, 2.05) is 0 Å². The Morgan fingerprint density at radius 2 is 1.97 bits per heavy atom. The van der Waals surface area contributed by atoms with E-state index in [-0.39, 0.29) is 39.1 Å². The topological polar surface area (TPSA) is 132 Å². The Balaban J connectivity index is 1.50. The van der Waals surface area contributed by atoms with Gasteiger partial charge in [-0.05, 0) is 48.2 Å². The molecule has 1 aromatic heterocycles. The summed E-state index contributed by atoms with van der Waals surface area (Å²) in [6.45, 7) is -0.694. The van der Waals surface area contributed by atoms with E-state index in [1.54, 1.807) is 0 Å². The van der Waals surface area contributed by atoms with Gasteiger partial charge >= 0.3 is 0 Å². The lowest BCUT2D eigenvalue weighted by molar-refractivity contribution is -0.384. The van der Waals surface area contributed by atoms with Crippen LogP contribution in [0.4, 0.5) is 25.0 Å². The number of ether oxygens (including phenoxy) is 1. The third-order valence-electron chi connectivity index (χ3n) is 4.95. The van der Waals surface area contributed by atoms with Crippen molar-refractivity contribution in [1.29, 1.82) is 0 Å². The number of hydrogen-bond acceptors (Lipinski definition) is 8. The summed E-state index contributed by atoms with van der Waals surface area (Å²) in [5, 5.41) is 12.9. The maximum absolute atomic E-state index is 13.7. The Morgan fingerprint density at radius 3 is 2.67 bits per heavy atom. The molecular formula is C23H15F2N3O7S. The van der Waals surface area contributed by atoms with Gasteiger partial charge in [0.1, 0.15) is 35.4 Å². The lowest BCUT2D eigenvalue weighted by Gasteiger charge is -2.12. The molecule has 13 heteroatoms. The Labute approximate surface area is 205 Å². The van der Waals surface area contributed by atoms with Crippen molar-refractivity contribution >= 4 is 46.3 Å². The van der Waals surface area contributed by atoms with Crippen LogP contribution in [0.3, 0.4) is 0 Å². The summed E-state index contributed by atoms with van der Waals surface area (Å²) in [6.07, 6.45) is 1.27. The van der Waals surface area contributed by atoms with Crippen LogP contribution in [-0.2, 0) is 9.59 Å². The van der Waals surface area contributed by atoms with Crippen molar-refractivity contribution in [1.82, 2.24) is 4.90 Å². The van der Waals surface area contributed by atoms with E-state index in [9.17, 15) is 33.3 Å². The van der Waals surface area contributed by atoms with Gasteiger partial charge in [-0.1, -0.05) is 0 Å². The zero-order valence-corrected chi connectivity index (χ0v) is 19.1. The second-order valence-corrected chi connectivity index (χ2v) is 8.28. The van der Waals surface area contributed by atoms with Crippen LogP contribution in [0.1, 0.15) is 5.76 Å². The second kappa shape index (κ2) is 10.00. The summed E-state index contributed by atoms with van der Waals surface area (Å²) >= 11 is 0.558. The zero-order valence-electron chi connectivity index (χ0n) is 18.3. The average Bonchev–Trinajstić information content (AvgIpc) is 3.40. The van der Waals surface area contributed by atoms with Crippen LogP contribution in [0.15, 0.2) is 57.9 Å². The highest BCUT2D eigenvalue weighted by atomic mass is 32.2. The number of carbonyl (C=O) groups excluding carboxylic acids is 3. The summed E-state index contributed by atoms with van der Waals surface area (Å²) in [5.74, 6) is -2.91. The molecule has 36 heavy (non-hydrogen) atoms. The molecular weight excluding hydrogens is 500 g/mol. The number of nitro benzene ring substituents is 1. The third kappa shape index (κ3) is 5.10. The molecule has 10 nitrogen and oxygen atoms in total. The molecule has 1 fully saturated rings. The van der Waals surface area contributed by atoms with Crippen LogP contribution in [0, 0.1) is 21.7 Å². The van der Waals surface area contributed by atoms with Crippen LogP contribution in [-0.4, -0.2) is 40.5 Å². The summed E-state index contributed by atoms with van der Waals surface area (Å²) in [5.41, 5.74) is -0.378. The van der Waals surface area contributed by atoms with Crippen molar-refractivity contribution < 1.29 is 37.2 Å². The number of hydrogen-bond donors (Lipinski definition) is 1. The smallest absolute Gasteiger partial charge is 0.294 e. The maximum atomic E-state index is 13.7. The van der Waals surface area contributed by atoms with E-state index >= 15 is 0 Å². The van der Waals surface area contributed by atoms with E-state index in [2.05, 4.69) is 5.32 Å². The van der Waals surface area contributed by atoms with E-state index in [4.69, 9.17) is 9.15 Å². The number of methoxy groups -OCH3 is 1. The molecule has 0 bridgehead atoms. The Hall–Kier alpha value is -4.52. The van der Waals surface area contributed by atoms with Gasteiger partial charge in [0.05, 0.1) is 34.3 Å². The molecule has 1 saturated heterocycles. The number of anilines is 1. The van der Waals surface area contributed by atoms with Crippen LogP contribution >= 0.6 is 11.8 Å². The van der Waals surface area contributed by atoms with E-state index < -0.39 is 40.2 Å². The number of nitrogens with one attached hydrogen (secondary N) is 1. The molecule has 0 radical (unpaired) electrons. The van der Waals surface area contributed by atoms with Gasteiger partial charge in [-0.2, -0.15) is 0 Å². The number of imide groups is 1. The van der Waals surface area contributed by atoms with Crippen LogP contribution in [0.2, 0.25) is 0 Å². The number of furan rings is 1. The highest BCUT2D eigenvalue weighted by molar-refractivity contribution is 8.18. The first-order valence-corrected chi connectivity index (χ1v) is 10.9. The van der Waals surface area contributed by atoms with Crippen molar-refractivity contribution in [3.8, 4) is 17.1 Å². The van der Waals surface area contributed by atoms with Gasteiger partial charge in [0.2, 0.25) is 5.91 Å². The van der Waals surface area contributed by atoms with Gasteiger partial charge in [0.25, 0.3) is 16.8 Å². The quantitative estimate of drug-likeness (QED) is 0.269. The number of rotatable bonds is 7. The first-order valence-electron chi connectivity index (χ1n) is 10.1. The highest BCUT2D eigenvalue weighted by Gasteiger charge is 2.36. The highest BCUT2D eigenvalue weighted by Crippen LogP contribution is 2.36. The molecule has 0 atom stereocenters. The molecule has 1 N–H and O–H groups in total. The first kappa shape index (κ1) is 24.6. The molecule has 2 heterocycles. The fraction of sp³-hybridized carbons (Fsp3) is 0.0870. The normalized spacial score (nSPS) is 14.4. The number of nitrogens with zero attached hydrogens (tertiary/aromatic N) is 2. The van der Waals surface area contributed by atoms with Crippen LogP contribution < -0.4 is 10.1 Å². The van der Waals surface area contributed by atoms with Gasteiger partial charge in [0, 0.05) is 12.1 Å². The number of thioether (sulfide) groups is 1. The largest absolute Gasteiger partial charge is 0.497 e. The number of carbonyl (C=O) groups is 3. The second-order valence-electron chi connectivity index (χ2n) is 7.28. The van der Waals surface area contributed by atoms with Crippen LogP contribution in [0.5, 0.6) is 5.75 Å². The van der Waals surface area contributed by atoms with Crippen molar-refractivity contribution in [2.24, 2.45) is 0 Å². The summed E-state index contributed by atoms with van der Waals surface area (Å²) in [7, 11) is 1.38. The van der Waals surface area contributed by atoms with E-state index in [0.717, 1.165) is 12.1 Å². The molecule has 1 aliphatic rings. The minimum absolute atomic E-state index is 0.0501. The minimum Gasteiger partial charge on any atom is -0.497 e. The van der Waals surface area contributed by atoms with Crippen molar-refractivity contribution in [3.05, 3.63) is 80.9 Å². The first-order chi connectivity index (χ1) is 17.2. The molecule has 3 amide bonds. The van der Waals surface area contributed by atoms with Crippen molar-refractivity contribution in [2.75, 3.05) is 19.0 Å². The number of benzene rings is 2. The Morgan fingerprint density at radius 1 is 1.19 bits per heavy atom. The van der Waals surface area contributed by atoms with E-state index in [0.29, 0.717) is 22.7 Å². The molecule has 4 rings (SSSR count). The maximum Gasteiger partial charge on any atom is 0.294 e. The standard InChI is InChI=1S/C23H15F2N3O7S/c1-34-13-3-5-15(18(9-13)28(32)33)19-7-4-14(35-19)10-20-22(30)27(23(31)36-20)11-21(29)26-17-6-2-12(24)8-16(17)25/h2-10H,11H2,1H3,(H,26,29)/b20-10+. The molecule has 0 saturated carbocycles. The van der Waals surface area contributed by atoms with E-state index in [1.165, 1.54) is 43.5 Å². The average molecular weight is 515 g/mol. The molecule has 184 valence electrons. The molecule has 1 aliphatic heterocycles. The molecule has 0 unspecified atom stereocenters. The van der Waals surface area contributed by atoms with Gasteiger partial charge in [-0.15, -0.1) is 0 Å².